The van der Waals surface area contributed by atoms with Crippen molar-refractivity contribution in [1.29, 1.82) is 0 Å². The van der Waals surface area contributed by atoms with Crippen molar-refractivity contribution < 1.29 is 23.4 Å². The number of para-hydroxylation sites is 2. The van der Waals surface area contributed by atoms with E-state index >= 15 is 0 Å². The number of hydrogen-bond acceptors (Lipinski definition) is 6. The van der Waals surface area contributed by atoms with E-state index in [1.807, 2.05) is 50.2 Å². The van der Waals surface area contributed by atoms with Crippen LogP contribution in [0.3, 0.4) is 0 Å². The topological polar surface area (TPSA) is 87.0 Å². The number of methoxy groups -OCH3 is 1. The first-order valence-electron chi connectivity index (χ1n) is 11.4. The van der Waals surface area contributed by atoms with Crippen LogP contribution in [0.4, 0.5) is 5.69 Å². The zero-order valence-corrected chi connectivity index (χ0v) is 19.6. The monoisotopic (exact) mass is 471 g/mol. The van der Waals surface area contributed by atoms with Crippen molar-refractivity contribution in [2.24, 2.45) is 0 Å². The number of benzene rings is 3. The molecule has 178 valence electrons. The summed E-state index contributed by atoms with van der Waals surface area (Å²) in [4.78, 5) is 26.6. The lowest BCUT2D eigenvalue weighted by atomic mass is 9.88. The Hall–Kier alpha value is -4.26. The highest BCUT2D eigenvalue weighted by Crippen LogP contribution is 2.46. The molecule has 0 bridgehead atoms. The number of carbonyl (C=O) groups excluding carboxylic acids is 1. The summed E-state index contributed by atoms with van der Waals surface area (Å²) in [5, 5.41) is 3.53. The number of hydrogen-bond donors (Lipinski definition) is 1. The molecule has 1 N–H and O–H groups in total. The largest absolute Gasteiger partial charge is 0.493 e. The molecule has 4 aromatic rings. The standard InChI is InChI=1S/C28H25NO6/c1-16(2)33-21-14-13-17(15-22(21)32-3)23-24-25(19-11-7-8-12-20(19)34-28(24)31)35-26(23)27(30)29-18-9-5-4-6-10-18/h4-16,23,26H,1-3H3,(H,29,30)/t23-,26+/m1/s1. The van der Waals surface area contributed by atoms with Gasteiger partial charge in [-0.2, -0.15) is 0 Å². The Bertz CT molecular complexity index is 1440. The summed E-state index contributed by atoms with van der Waals surface area (Å²) in [6.07, 6.45) is -1.05. The molecule has 7 nitrogen and oxygen atoms in total. The normalized spacial score (nSPS) is 16.6. The van der Waals surface area contributed by atoms with Gasteiger partial charge in [-0.3, -0.25) is 4.79 Å². The number of rotatable bonds is 6. The van der Waals surface area contributed by atoms with E-state index < -0.39 is 17.6 Å². The Morgan fingerprint density at radius 1 is 0.971 bits per heavy atom. The van der Waals surface area contributed by atoms with Crippen molar-refractivity contribution in [3.8, 4) is 17.2 Å². The highest BCUT2D eigenvalue weighted by Gasteiger charge is 2.44. The fourth-order valence-electron chi connectivity index (χ4n) is 4.39. The molecule has 7 heteroatoms. The van der Waals surface area contributed by atoms with Gasteiger partial charge < -0.3 is 23.9 Å². The SMILES string of the molecule is COc1cc([C@@H]2c3c(c4ccccc4oc3=O)O[C@@H]2C(=O)Nc2ccccc2)ccc1OC(C)C. The average Bonchev–Trinajstić information content (AvgIpc) is 3.26. The number of nitrogens with one attached hydrogen (secondary N) is 1. The predicted molar refractivity (Wildman–Crippen MR) is 133 cm³/mol. The molecule has 0 radical (unpaired) electrons. The molecule has 3 aromatic carbocycles. The minimum absolute atomic E-state index is 0.0481. The molecule has 0 saturated heterocycles. The fraction of sp³-hybridized carbons (Fsp3) is 0.214. The zero-order valence-electron chi connectivity index (χ0n) is 19.6. The summed E-state index contributed by atoms with van der Waals surface area (Å²) in [6, 6.07) is 21.6. The van der Waals surface area contributed by atoms with E-state index in [2.05, 4.69) is 5.32 Å². The van der Waals surface area contributed by atoms with E-state index in [-0.39, 0.29) is 12.0 Å². The van der Waals surface area contributed by atoms with E-state index in [4.69, 9.17) is 18.6 Å². The van der Waals surface area contributed by atoms with Crippen molar-refractivity contribution in [1.82, 2.24) is 0 Å². The van der Waals surface area contributed by atoms with Gasteiger partial charge in [-0.1, -0.05) is 36.4 Å². The van der Waals surface area contributed by atoms with Crippen LogP contribution >= 0.6 is 0 Å². The summed E-state index contributed by atoms with van der Waals surface area (Å²) in [5.74, 6) is 0.341. The van der Waals surface area contributed by atoms with Crippen LogP contribution in [-0.2, 0) is 4.79 Å². The molecule has 0 aliphatic carbocycles. The van der Waals surface area contributed by atoms with Crippen molar-refractivity contribution in [2.45, 2.75) is 32.0 Å². The second-order valence-electron chi connectivity index (χ2n) is 8.58. The molecule has 35 heavy (non-hydrogen) atoms. The van der Waals surface area contributed by atoms with Gasteiger partial charge >= 0.3 is 5.63 Å². The average molecular weight is 472 g/mol. The van der Waals surface area contributed by atoms with Gasteiger partial charge in [0.05, 0.1) is 30.1 Å². The minimum atomic E-state index is -1.000. The first kappa shape index (κ1) is 22.5. The number of fused-ring (bicyclic) bond motifs is 3. The third-order valence-electron chi connectivity index (χ3n) is 5.87. The Morgan fingerprint density at radius 2 is 1.71 bits per heavy atom. The number of anilines is 1. The summed E-state index contributed by atoms with van der Waals surface area (Å²) in [5.41, 5.74) is 1.47. The van der Waals surface area contributed by atoms with Crippen LogP contribution in [0.2, 0.25) is 0 Å². The first-order valence-corrected chi connectivity index (χ1v) is 11.4. The molecule has 1 aliphatic heterocycles. The zero-order chi connectivity index (χ0) is 24.5. The van der Waals surface area contributed by atoms with Crippen LogP contribution in [-0.4, -0.2) is 25.2 Å². The Balaban J connectivity index is 1.64. The maximum absolute atomic E-state index is 13.5. The summed E-state index contributed by atoms with van der Waals surface area (Å²) >= 11 is 0. The molecule has 2 heterocycles. The van der Waals surface area contributed by atoms with Gasteiger partial charge in [0.2, 0.25) is 0 Å². The summed E-state index contributed by atoms with van der Waals surface area (Å²) in [7, 11) is 1.55. The van der Waals surface area contributed by atoms with Gasteiger partial charge in [0.1, 0.15) is 11.3 Å². The van der Waals surface area contributed by atoms with Crippen molar-refractivity contribution in [2.75, 3.05) is 12.4 Å². The quantitative estimate of drug-likeness (QED) is 0.393. The van der Waals surface area contributed by atoms with Crippen LogP contribution in [0.25, 0.3) is 11.0 Å². The first-order chi connectivity index (χ1) is 17.0. The van der Waals surface area contributed by atoms with Gasteiger partial charge in [-0.15, -0.1) is 0 Å². The molecule has 0 unspecified atom stereocenters. The van der Waals surface area contributed by atoms with Gasteiger partial charge in [-0.05, 0) is 55.8 Å². The number of amides is 1. The van der Waals surface area contributed by atoms with Crippen LogP contribution in [0.1, 0.15) is 30.9 Å². The van der Waals surface area contributed by atoms with E-state index in [1.54, 1.807) is 43.5 Å². The molecule has 0 fully saturated rings. The molecule has 2 atom stereocenters. The Morgan fingerprint density at radius 3 is 2.46 bits per heavy atom. The van der Waals surface area contributed by atoms with E-state index in [1.165, 1.54) is 0 Å². The van der Waals surface area contributed by atoms with Crippen LogP contribution in [0.5, 0.6) is 17.2 Å². The number of carbonyl (C=O) groups is 1. The molecular weight excluding hydrogens is 446 g/mol. The smallest absolute Gasteiger partial charge is 0.344 e. The Labute approximate surface area is 202 Å². The molecule has 1 aromatic heterocycles. The van der Waals surface area contributed by atoms with E-state index in [9.17, 15) is 9.59 Å². The predicted octanol–water partition coefficient (Wildman–Crippen LogP) is 5.12. The molecule has 0 spiro atoms. The molecule has 1 amide bonds. The third kappa shape index (κ3) is 4.21. The highest BCUT2D eigenvalue weighted by atomic mass is 16.5. The van der Waals surface area contributed by atoms with Gasteiger partial charge in [0.25, 0.3) is 5.91 Å². The van der Waals surface area contributed by atoms with Crippen molar-refractivity contribution >= 4 is 22.6 Å². The lowest BCUT2D eigenvalue weighted by Gasteiger charge is -2.20. The van der Waals surface area contributed by atoms with Crippen molar-refractivity contribution in [3.63, 3.8) is 0 Å². The van der Waals surface area contributed by atoms with E-state index in [0.29, 0.717) is 45.0 Å². The lowest BCUT2D eigenvalue weighted by Crippen LogP contribution is -2.35. The fourth-order valence-corrected chi connectivity index (χ4v) is 4.39. The van der Waals surface area contributed by atoms with Gasteiger partial charge in [-0.25, -0.2) is 4.79 Å². The Kier molecular flexibility index (Phi) is 5.91. The highest BCUT2D eigenvalue weighted by molar-refractivity contribution is 5.97. The second-order valence-corrected chi connectivity index (χ2v) is 8.58. The van der Waals surface area contributed by atoms with Crippen LogP contribution in [0.15, 0.2) is 82.0 Å². The van der Waals surface area contributed by atoms with Gasteiger partial charge in [0.15, 0.2) is 17.6 Å². The van der Waals surface area contributed by atoms with Crippen LogP contribution < -0.4 is 25.2 Å². The van der Waals surface area contributed by atoms with E-state index in [0.717, 1.165) is 0 Å². The van der Waals surface area contributed by atoms with Crippen LogP contribution in [0, 0.1) is 0 Å². The van der Waals surface area contributed by atoms with Gasteiger partial charge in [0, 0.05) is 5.69 Å². The maximum Gasteiger partial charge on any atom is 0.344 e. The molecule has 1 aliphatic rings. The second kappa shape index (κ2) is 9.18. The molecule has 5 rings (SSSR count). The minimum Gasteiger partial charge on any atom is -0.493 e. The summed E-state index contributed by atoms with van der Waals surface area (Å²) in [6.45, 7) is 3.85. The maximum atomic E-state index is 13.5. The molecule has 0 saturated carbocycles. The van der Waals surface area contributed by atoms with Crippen molar-refractivity contribution in [3.05, 3.63) is 94.3 Å². The number of ether oxygens (including phenoxy) is 3. The molecular formula is C28H25NO6. The lowest BCUT2D eigenvalue weighted by molar-refractivity contribution is -0.122. The summed E-state index contributed by atoms with van der Waals surface area (Å²) < 4.78 is 23.2. The third-order valence-corrected chi connectivity index (χ3v) is 5.87.